The van der Waals surface area contributed by atoms with Gasteiger partial charge in [-0.25, -0.2) is 10.2 Å². The van der Waals surface area contributed by atoms with Crippen LogP contribution >= 0.6 is 0 Å². The van der Waals surface area contributed by atoms with Gasteiger partial charge in [0.2, 0.25) is 5.89 Å². The van der Waals surface area contributed by atoms with E-state index in [-0.39, 0.29) is 6.01 Å². The van der Waals surface area contributed by atoms with E-state index >= 15 is 0 Å². The lowest BCUT2D eigenvalue weighted by atomic mass is 9.85. The van der Waals surface area contributed by atoms with Gasteiger partial charge in [-0.1, -0.05) is 41.0 Å². The van der Waals surface area contributed by atoms with Crippen LogP contribution in [0.5, 0.6) is 0 Å². The van der Waals surface area contributed by atoms with E-state index in [1.807, 2.05) is 45.0 Å². The molecule has 1 aromatic heterocycles. The zero-order valence-corrected chi connectivity index (χ0v) is 15.7. The summed E-state index contributed by atoms with van der Waals surface area (Å²) in [7, 11) is 0. The second kappa shape index (κ2) is 7.99. The third kappa shape index (κ3) is 4.69. The molecule has 0 fully saturated rings. The number of aromatic nitrogens is 2. The fraction of sp³-hybridized carbons (Fsp3) is 0.300. The fourth-order valence-corrected chi connectivity index (χ4v) is 2.75. The first kappa shape index (κ1) is 18.6. The highest BCUT2D eigenvalue weighted by Gasteiger charge is 2.19. The topological polar surface area (TPSA) is 92.4 Å². The van der Waals surface area contributed by atoms with Crippen molar-refractivity contribution in [1.29, 1.82) is 0 Å². The minimum Gasteiger partial charge on any atom is -0.403 e. The van der Waals surface area contributed by atoms with E-state index in [4.69, 9.17) is 4.42 Å². The summed E-state index contributed by atoms with van der Waals surface area (Å²) in [4.78, 5) is 12.1. The standard InChI is InChI=1S/C20H23N5O2/c1-12(2)16-10-7-14(4)17(11-16)22-24-19(26)21-20-25-23-18(27-20)15-8-5-13(3)6-9-15/h5-9,16H,1,10-11H2,2-4H3,(H2,21,24,25,26)/b22-17+. The maximum Gasteiger partial charge on any atom is 0.343 e. The number of benzene rings is 1. The van der Waals surface area contributed by atoms with Crippen molar-refractivity contribution >= 4 is 17.8 Å². The van der Waals surface area contributed by atoms with Gasteiger partial charge in [0, 0.05) is 5.56 Å². The lowest BCUT2D eigenvalue weighted by Gasteiger charge is -2.22. The lowest BCUT2D eigenvalue weighted by Crippen LogP contribution is -2.27. The summed E-state index contributed by atoms with van der Waals surface area (Å²) >= 11 is 0. The largest absolute Gasteiger partial charge is 0.403 e. The van der Waals surface area contributed by atoms with Crippen molar-refractivity contribution in [2.45, 2.75) is 33.6 Å². The van der Waals surface area contributed by atoms with Crippen molar-refractivity contribution in [3.8, 4) is 11.5 Å². The number of hydrazone groups is 1. The molecule has 2 N–H and O–H groups in total. The van der Waals surface area contributed by atoms with Crippen molar-refractivity contribution in [2.24, 2.45) is 11.0 Å². The molecule has 7 heteroatoms. The Hall–Kier alpha value is -3.22. The SMILES string of the molecule is C=C(C)C1CC=C(C)/C(=N/NC(=O)Nc2nnc(-c3ccc(C)cc3)o2)C1. The number of rotatable bonds is 4. The van der Waals surface area contributed by atoms with Crippen molar-refractivity contribution in [2.75, 3.05) is 5.32 Å². The number of urea groups is 1. The summed E-state index contributed by atoms with van der Waals surface area (Å²) in [6.07, 6.45) is 3.83. The first-order valence-electron chi connectivity index (χ1n) is 8.79. The molecule has 7 nitrogen and oxygen atoms in total. The maximum absolute atomic E-state index is 12.1. The second-order valence-corrected chi connectivity index (χ2v) is 6.77. The molecule has 1 atom stereocenters. The van der Waals surface area contributed by atoms with Crippen LogP contribution in [0.4, 0.5) is 10.8 Å². The van der Waals surface area contributed by atoms with Crippen LogP contribution in [0.15, 0.2) is 57.6 Å². The molecule has 27 heavy (non-hydrogen) atoms. The average molecular weight is 365 g/mol. The van der Waals surface area contributed by atoms with Crippen LogP contribution in [-0.2, 0) is 0 Å². The number of anilines is 1. The van der Waals surface area contributed by atoms with Gasteiger partial charge in [0.15, 0.2) is 0 Å². The molecule has 2 amide bonds. The van der Waals surface area contributed by atoms with E-state index in [2.05, 4.69) is 38.7 Å². The smallest absolute Gasteiger partial charge is 0.343 e. The van der Waals surface area contributed by atoms with Gasteiger partial charge < -0.3 is 4.42 Å². The highest BCUT2D eigenvalue weighted by molar-refractivity contribution is 6.01. The summed E-state index contributed by atoms with van der Waals surface area (Å²) in [5, 5.41) is 14.5. The number of carbonyl (C=O) groups excluding carboxylic acids is 1. The van der Waals surface area contributed by atoms with E-state index in [0.29, 0.717) is 11.8 Å². The van der Waals surface area contributed by atoms with Gasteiger partial charge >= 0.3 is 12.0 Å². The van der Waals surface area contributed by atoms with Crippen LogP contribution in [0.25, 0.3) is 11.5 Å². The van der Waals surface area contributed by atoms with Crippen LogP contribution < -0.4 is 10.7 Å². The molecule has 0 saturated heterocycles. The molecular formula is C20H23N5O2. The molecule has 1 aliphatic carbocycles. The van der Waals surface area contributed by atoms with Crippen LogP contribution in [0, 0.1) is 12.8 Å². The monoisotopic (exact) mass is 365 g/mol. The predicted molar refractivity (Wildman–Crippen MR) is 105 cm³/mol. The first-order valence-corrected chi connectivity index (χ1v) is 8.79. The number of allylic oxidation sites excluding steroid dienone is 3. The minimum absolute atomic E-state index is 0.0130. The zero-order valence-electron chi connectivity index (χ0n) is 15.7. The van der Waals surface area contributed by atoms with E-state index < -0.39 is 6.03 Å². The Bertz CT molecular complexity index is 909. The number of carbonyl (C=O) groups is 1. The number of hydrogen-bond donors (Lipinski definition) is 2. The molecule has 0 bridgehead atoms. The fourth-order valence-electron chi connectivity index (χ4n) is 2.75. The summed E-state index contributed by atoms with van der Waals surface area (Å²) in [5.74, 6) is 0.692. The van der Waals surface area contributed by atoms with Crippen molar-refractivity contribution in [3.05, 3.63) is 53.6 Å². The van der Waals surface area contributed by atoms with Gasteiger partial charge in [-0.2, -0.15) is 5.10 Å². The molecular weight excluding hydrogens is 342 g/mol. The highest BCUT2D eigenvalue weighted by atomic mass is 16.4. The Morgan fingerprint density at radius 2 is 2.00 bits per heavy atom. The molecule has 1 aliphatic rings. The minimum atomic E-state index is -0.535. The maximum atomic E-state index is 12.1. The first-order chi connectivity index (χ1) is 12.9. The number of amides is 2. The number of hydrogen-bond acceptors (Lipinski definition) is 5. The summed E-state index contributed by atoms with van der Waals surface area (Å²) in [5.41, 5.74) is 7.43. The average Bonchev–Trinajstić information content (AvgIpc) is 3.09. The second-order valence-electron chi connectivity index (χ2n) is 6.77. The Morgan fingerprint density at radius 1 is 1.26 bits per heavy atom. The third-order valence-corrected chi connectivity index (χ3v) is 4.54. The molecule has 0 spiro atoms. The molecule has 3 rings (SSSR count). The van der Waals surface area contributed by atoms with Crippen LogP contribution in [0.2, 0.25) is 0 Å². The molecule has 1 aromatic carbocycles. The van der Waals surface area contributed by atoms with E-state index in [0.717, 1.165) is 40.8 Å². The van der Waals surface area contributed by atoms with Crippen molar-refractivity contribution in [3.63, 3.8) is 0 Å². The Balaban J connectivity index is 1.61. The van der Waals surface area contributed by atoms with Crippen molar-refractivity contribution in [1.82, 2.24) is 15.6 Å². The highest BCUT2D eigenvalue weighted by Crippen LogP contribution is 2.26. The molecule has 0 aliphatic heterocycles. The van der Waals surface area contributed by atoms with E-state index in [1.54, 1.807) is 0 Å². The normalized spacial score (nSPS) is 18.1. The predicted octanol–water partition coefficient (Wildman–Crippen LogP) is 4.45. The van der Waals surface area contributed by atoms with Gasteiger partial charge in [0.05, 0.1) is 5.71 Å². The summed E-state index contributed by atoms with van der Waals surface area (Å²) < 4.78 is 5.48. The molecule has 1 heterocycles. The Labute approximate surface area is 158 Å². The summed E-state index contributed by atoms with van der Waals surface area (Å²) in [6, 6.07) is 7.15. The van der Waals surface area contributed by atoms with E-state index in [1.165, 1.54) is 0 Å². The quantitative estimate of drug-likeness (QED) is 0.618. The van der Waals surface area contributed by atoms with Crippen LogP contribution in [-0.4, -0.2) is 21.9 Å². The molecule has 2 aromatic rings. The number of nitrogens with zero attached hydrogens (tertiary/aromatic N) is 3. The van der Waals surface area contributed by atoms with Gasteiger partial charge in [-0.05, 0) is 57.2 Å². The van der Waals surface area contributed by atoms with Gasteiger partial charge in [0.25, 0.3) is 0 Å². The molecule has 140 valence electrons. The number of nitrogens with one attached hydrogen (secondary N) is 2. The molecule has 0 saturated carbocycles. The van der Waals surface area contributed by atoms with Gasteiger partial charge in [-0.15, -0.1) is 5.10 Å². The third-order valence-electron chi connectivity index (χ3n) is 4.54. The summed E-state index contributed by atoms with van der Waals surface area (Å²) in [6.45, 7) is 10.0. The van der Waals surface area contributed by atoms with Crippen molar-refractivity contribution < 1.29 is 9.21 Å². The van der Waals surface area contributed by atoms with Crippen LogP contribution in [0.3, 0.4) is 0 Å². The zero-order chi connectivity index (χ0) is 19.4. The van der Waals surface area contributed by atoms with Crippen LogP contribution in [0.1, 0.15) is 32.3 Å². The number of aryl methyl sites for hydroxylation is 1. The lowest BCUT2D eigenvalue weighted by molar-refractivity contribution is 0.252. The van der Waals surface area contributed by atoms with E-state index in [9.17, 15) is 4.79 Å². The van der Waals surface area contributed by atoms with Gasteiger partial charge in [0.1, 0.15) is 0 Å². The molecule has 0 radical (unpaired) electrons. The molecule has 1 unspecified atom stereocenters. The Morgan fingerprint density at radius 3 is 2.70 bits per heavy atom. The van der Waals surface area contributed by atoms with Gasteiger partial charge in [-0.3, -0.25) is 5.32 Å². The Kier molecular flexibility index (Phi) is 5.49.